The zero-order valence-electron chi connectivity index (χ0n) is 32.6. The lowest BCUT2D eigenvalue weighted by molar-refractivity contribution is -0.386. The Morgan fingerprint density at radius 3 is 2.32 bits per heavy atom. The highest BCUT2D eigenvalue weighted by Crippen LogP contribution is 2.48. The quantitative estimate of drug-likeness (QED) is 0.0550. The number of benzene rings is 3. The number of ketones is 1. The molecule has 3 aromatic rings. The van der Waals surface area contributed by atoms with E-state index in [4.69, 9.17) is 14.5 Å². The fourth-order valence-electron chi connectivity index (χ4n) is 7.49. The summed E-state index contributed by atoms with van der Waals surface area (Å²) in [5, 5.41) is 27.3. The van der Waals surface area contributed by atoms with Crippen molar-refractivity contribution in [2.75, 3.05) is 38.0 Å². The fraction of sp³-hybridized carbons (Fsp3) is 0.341. The number of carbonyl (C=O) groups excluding carboxylic acids is 2. The van der Waals surface area contributed by atoms with E-state index in [1.54, 1.807) is 12.2 Å². The van der Waals surface area contributed by atoms with Crippen molar-refractivity contribution >= 4 is 44.6 Å². The van der Waals surface area contributed by atoms with Gasteiger partial charge in [-0.2, -0.15) is 8.42 Å². The second-order valence-corrected chi connectivity index (χ2v) is 16.6. The topological polar surface area (TPSA) is 210 Å². The maximum Gasteiger partial charge on any atom is 0.279 e. The summed E-state index contributed by atoms with van der Waals surface area (Å²) in [6.45, 7) is 8.98. The minimum absolute atomic E-state index is 0.0182. The number of para-hydroxylation sites is 2. The van der Waals surface area contributed by atoms with E-state index in [9.17, 15) is 37.8 Å². The van der Waals surface area contributed by atoms with Crippen LogP contribution < -0.4 is 25.0 Å². The largest absolute Gasteiger partial charge is 0.493 e. The predicted molar refractivity (Wildman–Crippen MR) is 215 cm³/mol. The molecule has 6 rings (SSSR count). The van der Waals surface area contributed by atoms with Gasteiger partial charge in [-0.1, -0.05) is 64.1 Å². The first-order valence-corrected chi connectivity index (χ1v) is 19.8. The smallest absolute Gasteiger partial charge is 0.279 e. The number of nitrogens with zero attached hydrogens (tertiary/aromatic N) is 3. The van der Waals surface area contributed by atoms with Crippen molar-refractivity contribution in [3.8, 4) is 11.5 Å². The molecule has 300 valence electrons. The van der Waals surface area contributed by atoms with Crippen LogP contribution in [0.5, 0.6) is 11.5 Å². The SMILES string of the molecule is COc1cc(C(C)O)c([N+](=O)[O-])cc1OCCNC(=O)C(CS(=O)(=O)O)NC1=C(/C=C2/N(C)c3ccccc3C2(C)C)C(=O)/C1=C\C1=Nc2ccccc2C1(C)C. The number of aliphatic hydroxyl groups is 1. The van der Waals surface area contributed by atoms with E-state index in [2.05, 4.69) is 10.6 Å². The zero-order valence-corrected chi connectivity index (χ0v) is 33.4. The van der Waals surface area contributed by atoms with E-state index in [0.717, 1.165) is 34.3 Å². The third kappa shape index (κ3) is 7.80. The highest BCUT2D eigenvalue weighted by molar-refractivity contribution is 7.85. The number of amides is 1. The number of hydrogen-bond donors (Lipinski definition) is 4. The molecule has 2 atom stereocenters. The minimum Gasteiger partial charge on any atom is -0.493 e. The van der Waals surface area contributed by atoms with Gasteiger partial charge in [-0.15, -0.1) is 0 Å². The molecular weight excluding hydrogens is 755 g/mol. The number of methoxy groups -OCH3 is 1. The van der Waals surface area contributed by atoms with Crippen LogP contribution in [-0.2, 0) is 30.5 Å². The maximum atomic E-state index is 14.1. The van der Waals surface area contributed by atoms with Crippen LogP contribution in [0.3, 0.4) is 0 Å². The summed E-state index contributed by atoms with van der Waals surface area (Å²) in [6, 6.07) is 16.3. The molecule has 0 saturated carbocycles. The molecule has 1 aliphatic carbocycles. The van der Waals surface area contributed by atoms with Crippen molar-refractivity contribution in [2.45, 2.75) is 57.6 Å². The van der Waals surface area contributed by atoms with E-state index in [1.165, 1.54) is 20.1 Å². The Balaban J connectivity index is 1.32. The monoisotopic (exact) mass is 799 g/mol. The van der Waals surface area contributed by atoms with Gasteiger partial charge >= 0.3 is 0 Å². The Morgan fingerprint density at radius 2 is 1.70 bits per heavy atom. The second kappa shape index (κ2) is 15.2. The Bertz CT molecular complexity index is 2410. The first-order chi connectivity index (χ1) is 26.8. The van der Waals surface area contributed by atoms with Gasteiger partial charge in [-0.3, -0.25) is 29.2 Å². The standard InChI is InChI=1S/C41H45N5O10S/c1-23(47)24-18-33(55-7)34(21-32(24)46(50)51)56-17-16-42-39(49)30(22-57(52,53)54)44-37-25(19-35-40(2,3)27-12-8-10-14-29(27)43-35)38(48)26(37)20-36-41(4,5)28-13-9-11-15-31(28)45(36)6/h8-15,18-21,23,30,44,47H,16-17,22H2,1-7H3,(H,42,49)(H,52,53,54)/b25-19-,36-20+. The molecule has 3 aliphatic rings. The molecule has 0 spiro atoms. The van der Waals surface area contributed by atoms with Crippen LogP contribution in [0.2, 0.25) is 0 Å². The number of aliphatic hydroxyl groups excluding tert-OH is 1. The Hall–Kier alpha value is -5.84. The number of likely N-dealkylation sites (N-methyl/N-ethyl adjacent to an activating group) is 1. The number of hydrogen-bond acceptors (Lipinski definition) is 12. The van der Waals surface area contributed by atoms with Gasteiger partial charge in [0, 0.05) is 40.4 Å². The van der Waals surface area contributed by atoms with Crippen LogP contribution in [-0.4, -0.2) is 79.5 Å². The molecule has 2 aliphatic heterocycles. The van der Waals surface area contributed by atoms with Crippen molar-refractivity contribution in [1.29, 1.82) is 0 Å². The van der Waals surface area contributed by atoms with Gasteiger partial charge in [-0.25, -0.2) is 0 Å². The lowest BCUT2D eigenvalue weighted by Gasteiger charge is -2.32. The molecule has 0 saturated heterocycles. The normalized spacial score (nSPS) is 19.1. The third-order valence-electron chi connectivity index (χ3n) is 10.6. The molecular formula is C41H45N5O10S. The van der Waals surface area contributed by atoms with Gasteiger partial charge in [0.15, 0.2) is 17.3 Å². The van der Waals surface area contributed by atoms with Crippen molar-refractivity contribution in [1.82, 2.24) is 10.6 Å². The van der Waals surface area contributed by atoms with Gasteiger partial charge in [0.05, 0.1) is 53.4 Å². The highest BCUT2D eigenvalue weighted by Gasteiger charge is 2.43. The molecule has 2 heterocycles. The third-order valence-corrected chi connectivity index (χ3v) is 11.4. The molecule has 15 nitrogen and oxygen atoms in total. The Kier molecular flexibility index (Phi) is 10.9. The number of fused-ring (bicyclic) bond motifs is 2. The van der Waals surface area contributed by atoms with Gasteiger partial charge in [0.25, 0.3) is 15.8 Å². The number of allylic oxidation sites excluding steroid dienone is 5. The summed E-state index contributed by atoms with van der Waals surface area (Å²) >= 11 is 0. The first kappa shape index (κ1) is 40.8. The number of Topliss-reactive ketones (excluding diaryl/α,β-unsaturated/α-hetero) is 1. The number of ether oxygens (including phenoxy) is 2. The second-order valence-electron chi connectivity index (χ2n) is 15.1. The number of nitro benzene ring substituents is 1. The van der Waals surface area contributed by atoms with Crippen LogP contribution in [0.4, 0.5) is 17.1 Å². The average Bonchev–Trinajstić information content (AvgIpc) is 3.52. The maximum absolute atomic E-state index is 14.1. The first-order valence-electron chi connectivity index (χ1n) is 18.2. The van der Waals surface area contributed by atoms with Crippen LogP contribution in [0.1, 0.15) is 57.4 Å². The van der Waals surface area contributed by atoms with Gasteiger partial charge in [-0.05, 0) is 48.4 Å². The van der Waals surface area contributed by atoms with Crippen LogP contribution in [0.25, 0.3) is 0 Å². The molecule has 57 heavy (non-hydrogen) atoms. The van der Waals surface area contributed by atoms with Crippen molar-refractivity contribution in [3.63, 3.8) is 0 Å². The van der Waals surface area contributed by atoms with Gasteiger partial charge in [0.2, 0.25) is 5.91 Å². The molecule has 3 aromatic carbocycles. The van der Waals surface area contributed by atoms with Gasteiger partial charge in [0.1, 0.15) is 18.4 Å². The number of rotatable bonds is 14. The van der Waals surface area contributed by atoms with E-state index in [1.807, 2.05) is 88.2 Å². The summed E-state index contributed by atoms with van der Waals surface area (Å²) in [7, 11) is -1.53. The average molecular weight is 800 g/mol. The number of nitro groups is 1. The van der Waals surface area contributed by atoms with Crippen LogP contribution >= 0.6 is 0 Å². The van der Waals surface area contributed by atoms with Crippen LogP contribution in [0.15, 0.2) is 100 Å². The summed E-state index contributed by atoms with van der Waals surface area (Å²) in [6.07, 6.45) is 2.23. The van der Waals surface area contributed by atoms with E-state index >= 15 is 0 Å². The lowest BCUT2D eigenvalue weighted by atomic mass is 9.77. The summed E-state index contributed by atoms with van der Waals surface area (Å²) < 4.78 is 45.6. The molecule has 0 aromatic heterocycles. The lowest BCUT2D eigenvalue weighted by Crippen LogP contribution is -2.51. The molecule has 0 fully saturated rings. The van der Waals surface area contributed by atoms with E-state index < -0.39 is 55.4 Å². The van der Waals surface area contributed by atoms with Crippen molar-refractivity contribution < 1.29 is 42.1 Å². The molecule has 16 heteroatoms. The number of aliphatic imine (C=N–C) groups is 1. The molecule has 4 N–H and O–H groups in total. The highest BCUT2D eigenvalue weighted by atomic mass is 32.2. The Labute approximate surface area is 330 Å². The van der Waals surface area contributed by atoms with Crippen molar-refractivity contribution in [2.24, 2.45) is 4.99 Å². The van der Waals surface area contributed by atoms with E-state index in [0.29, 0.717) is 5.71 Å². The summed E-state index contributed by atoms with van der Waals surface area (Å²) in [5.41, 5.74) is 4.24. The predicted octanol–water partition coefficient (Wildman–Crippen LogP) is 5.14. The van der Waals surface area contributed by atoms with E-state index in [-0.39, 0.29) is 52.8 Å². The molecule has 0 bridgehead atoms. The summed E-state index contributed by atoms with van der Waals surface area (Å²) in [5.74, 6) is -2.14. The molecule has 1 amide bonds. The zero-order chi connectivity index (χ0) is 41.6. The number of nitrogens with one attached hydrogen (secondary N) is 2. The minimum atomic E-state index is -4.75. The van der Waals surface area contributed by atoms with Crippen LogP contribution in [0, 0.1) is 10.1 Å². The Morgan fingerprint density at radius 1 is 1.04 bits per heavy atom. The molecule has 0 radical (unpaired) electrons. The number of anilines is 1. The van der Waals surface area contributed by atoms with Gasteiger partial charge < -0.3 is 30.1 Å². The van der Waals surface area contributed by atoms with Crippen molar-refractivity contribution in [3.05, 3.63) is 122 Å². The fourth-order valence-corrected chi connectivity index (χ4v) is 8.15. The molecule has 2 unspecified atom stereocenters. The summed E-state index contributed by atoms with van der Waals surface area (Å²) in [4.78, 5) is 45.6. The number of carbonyl (C=O) groups is 2.